The summed E-state index contributed by atoms with van der Waals surface area (Å²) in [5.41, 5.74) is 7.17. The molecule has 0 saturated carbocycles. The maximum Gasteiger partial charge on any atom is 0.231 e. The zero-order valence-corrected chi connectivity index (χ0v) is 14.8. The van der Waals surface area contributed by atoms with Crippen LogP contribution in [0.2, 0.25) is 0 Å². The van der Waals surface area contributed by atoms with E-state index in [1.165, 1.54) is 6.33 Å². The molecule has 2 aliphatic rings. The first-order chi connectivity index (χ1) is 12.8. The van der Waals surface area contributed by atoms with Crippen LogP contribution in [0.5, 0.6) is 0 Å². The standard InChI is InChI=1S/C16H18N8OS/c25-16(10-8-17-20-14(10)24-9-18-21-22-24)23-7-3-5-12(23)15-19-11-4-1-2-6-13(11)26-15/h1-2,4,6,9-10,12,14,17,20H,3,5,7-8H2. The number of aromatic nitrogens is 5. The quantitative estimate of drug-likeness (QED) is 0.705. The van der Waals surface area contributed by atoms with E-state index in [0.717, 1.165) is 34.6 Å². The fourth-order valence-corrected chi connectivity index (χ4v) is 4.90. The van der Waals surface area contributed by atoms with E-state index in [4.69, 9.17) is 4.98 Å². The van der Waals surface area contributed by atoms with Crippen molar-refractivity contribution >= 4 is 27.5 Å². The predicted molar refractivity (Wildman–Crippen MR) is 94.8 cm³/mol. The number of hydrogen-bond acceptors (Lipinski definition) is 8. The maximum atomic E-state index is 13.3. The van der Waals surface area contributed by atoms with Crippen LogP contribution in [0.4, 0.5) is 0 Å². The Morgan fingerprint density at radius 3 is 3.08 bits per heavy atom. The number of tetrazole rings is 1. The van der Waals surface area contributed by atoms with Crippen LogP contribution in [-0.2, 0) is 4.79 Å². The molecule has 10 heteroatoms. The van der Waals surface area contributed by atoms with Gasteiger partial charge in [-0.1, -0.05) is 12.1 Å². The predicted octanol–water partition coefficient (Wildman–Crippen LogP) is 0.869. The monoisotopic (exact) mass is 370 g/mol. The van der Waals surface area contributed by atoms with Crippen LogP contribution >= 0.6 is 11.3 Å². The fraction of sp³-hybridized carbons (Fsp3) is 0.438. The molecule has 3 unspecified atom stereocenters. The van der Waals surface area contributed by atoms with Crippen molar-refractivity contribution in [1.29, 1.82) is 0 Å². The van der Waals surface area contributed by atoms with Crippen molar-refractivity contribution in [2.24, 2.45) is 5.92 Å². The third-order valence-corrected chi connectivity index (χ3v) is 6.19. The smallest absolute Gasteiger partial charge is 0.231 e. The number of likely N-dealkylation sites (tertiary alicyclic amines) is 1. The Balaban J connectivity index is 1.42. The number of carbonyl (C=O) groups excluding carboxylic acids is 1. The summed E-state index contributed by atoms with van der Waals surface area (Å²) in [6, 6.07) is 8.17. The number of nitrogens with one attached hydrogen (secondary N) is 2. The molecule has 9 nitrogen and oxygen atoms in total. The molecule has 0 radical (unpaired) electrons. The van der Waals surface area contributed by atoms with Crippen molar-refractivity contribution in [2.45, 2.75) is 25.0 Å². The highest BCUT2D eigenvalue weighted by Gasteiger charge is 2.41. The van der Waals surface area contributed by atoms with Gasteiger partial charge in [-0.2, -0.15) is 0 Å². The minimum absolute atomic E-state index is 0.0509. The molecule has 0 spiro atoms. The molecular formula is C16H18N8OS. The van der Waals surface area contributed by atoms with Crippen molar-refractivity contribution in [1.82, 2.24) is 40.9 Å². The number of nitrogens with zero attached hydrogens (tertiary/aromatic N) is 6. The van der Waals surface area contributed by atoms with Gasteiger partial charge in [0.25, 0.3) is 0 Å². The van der Waals surface area contributed by atoms with E-state index in [0.29, 0.717) is 6.54 Å². The topological polar surface area (TPSA) is 101 Å². The molecule has 134 valence electrons. The summed E-state index contributed by atoms with van der Waals surface area (Å²) in [5, 5.41) is 12.3. The van der Waals surface area contributed by atoms with E-state index in [-0.39, 0.29) is 24.0 Å². The molecule has 2 aliphatic heterocycles. The minimum atomic E-state index is -0.283. The second-order valence-corrected chi connectivity index (χ2v) is 7.64. The second-order valence-electron chi connectivity index (χ2n) is 6.58. The molecule has 0 aliphatic carbocycles. The molecule has 2 fully saturated rings. The number of amides is 1. The van der Waals surface area contributed by atoms with Crippen LogP contribution < -0.4 is 10.9 Å². The summed E-state index contributed by atoms with van der Waals surface area (Å²) < 4.78 is 2.75. The van der Waals surface area contributed by atoms with Crippen LogP contribution in [0.25, 0.3) is 10.2 Å². The van der Waals surface area contributed by atoms with Crippen molar-refractivity contribution < 1.29 is 4.79 Å². The summed E-state index contributed by atoms with van der Waals surface area (Å²) in [6.07, 6.45) is 3.19. The number of carbonyl (C=O) groups is 1. The number of benzene rings is 1. The lowest BCUT2D eigenvalue weighted by Gasteiger charge is -2.27. The van der Waals surface area contributed by atoms with Gasteiger partial charge in [-0.05, 0) is 35.4 Å². The lowest BCUT2D eigenvalue weighted by Crippen LogP contribution is -2.40. The number of hydrazine groups is 1. The fourth-order valence-electron chi connectivity index (χ4n) is 3.79. The lowest BCUT2D eigenvalue weighted by molar-refractivity contribution is -0.137. The van der Waals surface area contributed by atoms with E-state index in [1.54, 1.807) is 16.0 Å². The summed E-state index contributed by atoms with van der Waals surface area (Å²) in [4.78, 5) is 20.1. The van der Waals surface area contributed by atoms with Gasteiger partial charge in [-0.25, -0.2) is 15.1 Å². The van der Waals surface area contributed by atoms with Gasteiger partial charge in [0.1, 0.15) is 17.5 Å². The average Bonchev–Trinajstić information content (AvgIpc) is 3.47. The number of rotatable bonds is 3. The normalized spacial score (nSPS) is 26.0. The third kappa shape index (κ3) is 2.57. The first-order valence-corrected chi connectivity index (χ1v) is 9.50. The van der Waals surface area contributed by atoms with Gasteiger partial charge >= 0.3 is 0 Å². The van der Waals surface area contributed by atoms with Gasteiger partial charge in [0.05, 0.1) is 22.2 Å². The second kappa shape index (κ2) is 6.38. The van der Waals surface area contributed by atoms with Gasteiger partial charge in [0.2, 0.25) is 5.91 Å². The van der Waals surface area contributed by atoms with E-state index in [1.807, 2.05) is 23.1 Å². The molecule has 2 N–H and O–H groups in total. The molecule has 2 aromatic heterocycles. The van der Waals surface area contributed by atoms with Crippen molar-refractivity contribution in [2.75, 3.05) is 13.1 Å². The van der Waals surface area contributed by atoms with Crippen molar-refractivity contribution in [3.8, 4) is 0 Å². The van der Waals surface area contributed by atoms with E-state index in [9.17, 15) is 4.79 Å². The Morgan fingerprint density at radius 2 is 2.23 bits per heavy atom. The number of hydrogen-bond donors (Lipinski definition) is 2. The third-order valence-electron chi connectivity index (χ3n) is 5.05. The first-order valence-electron chi connectivity index (χ1n) is 8.68. The molecule has 26 heavy (non-hydrogen) atoms. The van der Waals surface area contributed by atoms with Crippen molar-refractivity contribution in [3.05, 3.63) is 35.6 Å². The lowest BCUT2D eigenvalue weighted by atomic mass is 10.1. The summed E-state index contributed by atoms with van der Waals surface area (Å²) in [6.45, 7) is 1.31. The van der Waals surface area contributed by atoms with Gasteiger partial charge in [0, 0.05) is 13.1 Å². The van der Waals surface area contributed by atoms with E-state index >= 15 is 0 Å². The summed E-state index contributed by atoms with van der Waals surface area (Å²) in [7, 11) is 0. The maximum absolute atomic E-state index is 13.3. The Labute approximate surface area is 153 Å². The zero-order chi connectivity index (χ0) is 17.5. The highest BCUT2D eigenvalue weighted by Crippen LogP contribution is 2.38. The molecule has 2 saturated heterocycles. The largest absolute Gasteiger partial charge is 0.333 e. The molecular weight excluding hydrogens is 352 g/mol. The van der Waals surface area contributed by atoms with E-state index in [2.05, 4.69) is 32.4 Å². The van der Waals surface area contributed by atoms with Gasteiger partial charge in [0.15, 0.2) is 0 Å². The number of fused-ring (bicyclic) bond motifs is 1. The molecule has 1 amide bonds. The van der Waals surface area contributed by atoms with Gasteiger partial charge in [-0.15, -0.1) is 16.4 Å². The van der Waals surface area contributed by atoms with Crippen LogP contribution in [0.3, 0.4) is 0 Å². The molecule has 3 atom stereocenters. The van der Waals surface area contributed by atoms with E-state index < -0.39 is 0 Å². The molecule has 5 rings (SSSR count). The SMILES string of the molecule is O=C(C1CNNC1n1cnnn1)N1CCCC1c1nc2ccccc2s1. The molecule has 4 heterocycles. The highest BCUT2D eigenvalue weighted by atomic mass is 32.1. The molecule has 1 aromatic carbocycles. The van der Waals surface area contributed by atoms with Crippen LogP contribution in [-0.4, -0.2) is 49.1 Å². The molecule has 3 aromatic rings. The molecule has 0 bridgehead atoms. The Morgan fingerprint density at radius 1 is 1.31 bits per heavy atom. The minimum Gasteiger partial charge on any atom is -0.333 e. The Hall–Kier alpha value is -2.43. The number of para-hydroxylation sites is 1. The summed E-state index contributed by atoms with van der Waals surface area (Å²) >= 11 is 1.68. The zero-order valence-electron chi connectivity index (χ0n) is 13.9. The van der Waals surface area contributed by atoms with Crippen LogP contribution in [0.1, 0.15) is 30.1 Å². The van der Waals surface area contributed by atoms with Gasteiger partial charge in [-0.3, -0.25) is 10.2 Å². The Bertz CT molecular complexity index is 892. The highest BCUT2D eigenvalue weighted by molar-refractivity contribution is 7.18. The summed E-state index contributed by atoms with van der Waals surface area (Å²) in [5.74, 6) is -0.141. The average molecular weight is 370 g/mol. The Kier molecular flexibility index (Phi) is 3.88. The number of thiazole rings is 1. The van der Waals surface area contributed by atoms with Crippen LogP contribution in [0, 0.1) is 5.92 Å². The first kappa shape index (κ1) is 15.8. The van der Waals surface area contributed by atoms with Crippen molar-refractivity contribution in [3.63, 3.8) is 0 Å². The van der Waals surface area contributed by atoms with Gasteiger partial charge < -0.3 is 4.90 Å². The van der Waals surface area contributed by atoms with Crippen LogP contribution in [0.15, 0.2) is 30.6 Å².